The molecule has 2 N–H and O–H groups in total. The van der Waals surface area contributed by atoms with Crippen LogP contribution in [0.1, 0.15) is 25.8 Å². The molecular weight excluding hydrogens is 324 g/mol. The van der Waals surface area contributed by atoms with Gasteiger partial charge in [-0.25, -0.2) is 4.21 Å². The zero-order valence-corrected chi connectivity index (χ0v) is 15.6. The molecular formula is C18H26N2O3S. The van der Waals surface area contributed by atoms with Gasteiger partial charge in [-0.15, -0.1) is 0 Å². The molecule has 1 amide bonds. The topological polar surface area (TPSA) is 67.4 Å². The predicted molar refractivity (Wildman–Crippen MR) is 101 cm³/mol. The highest BCUT2D eigenvalue weighted by Crippen LogP contribution is 2.22. The van der Waals surface area contributed by atoms with Crippen molar-refractivity contribution in [1.82, 2.24) is 10.0 Å². The molecule has 0 radical (unpaired) electrons. The minimum atomic E-state index is -2.82. The maximum atomic E-state index is 12.9. The summed E-state index contributed by atoms with van der Waals surface area (Å²) in [6, 6.07) is 5.31. The molecule has 6 heteroatoms. The molecule has 1 aromatic rings. The summed E-state index contributed by atoms with van der Waals surface area (Å²) in [5, 5.41) is 2.78. The molecule has 132 valence electrons. The molecule has 0 bridgehead atoms. The van der Waals surface area contributed by atoms with E-state index in [2.05, 4.69) is 22.5 Å². The lowest BCUT2D eigenvalue weighted by Gasteiger charge is -2.16. The summed E-state index contributed by atoms with van der Waals surface area (Å²) in [4.78, 5) is 12.4. The average Bonchev–Trinajstić information content (AvgIpc) is 2.52. The summed E-state index contributed by atoms with van der Waals surface area (Å²) in [7, 11) is -1.27. The van der Waals surface area contributed by atoms with Gasteiger partial charge in [0.05, 0.1) is 21.7 Å². The number of ether oxygens (including phenoxy) is 1. The van der Waals surface area contributed by atoms with E-state index in [0.29, 0.717) is 28.5 Å². The number of nitrogens with one attached hydrogen (secondary N) is 2. The number of amides is 1. The highest BCUT2D eigenvalue weighted by atomic mass is 32.2. The number of rotatable bonds is 8. The van der Waals surface area contributed by atoms with Crippen LogP contribution in [-0.4, -0.2) is 29.6 Å². The Morgan fingerprint density at radius 3 is 2.67 bits per heavy atom. The molecule has 0 heterocycles. The zero-order valence-electron chi connectivity index (χ0n) is 14.8. The normalized spacial score (nSPS) is 13.8. The van der Waals surface area contributed by atoms with Crippen LogP contribution in [0.15, 0.2) is 47.0 Å². The van der Waals surface area contributed by atoms with E-state index in [1.807, 2.05) is 19.9 Å². The fourth-order valence-electron chi connectivity index (χ4n) is 2.06. The smallest absolute Gasteiger partial charge is 0.246 e. The van der Waals surface area contributed by atoms with E-state index in [9.17, 15) is 9.00 Å². The second-order valence-corrected chi connectivity index (χ2v) is 7.51. The van der Waals surface area contributed by atoms with Gasteiger partial charge in [-0.1, -0.05) is 19.6 Å². The molecule has 0 spiro atoms. The van der Waals surface area contributed by atoms with Crippen LogP contribution in [0.5, 0.6) is 5.75 Å². The summed E-state index contributed by atoms with van der Waals surface area (Å²) in [5.41, 5.74) is 1.68. The minimum absolute atomic E-state index is 0.173. The van der Waals surface area contributed by atoms with Gasteiger partial charge in [-0.3, -0.25) is 4.79 Å². The average molecular weight is 350 g/mol. The van der Waals surface area contributed by atoms with Crippen LogP contribution in [-0.2, 0) is 14.5 Å². The van der Waals surface area contributed by atoms with E-state index in [0.717, 1.165) is 12.0 Å². The highest BCUT2D eigenvalue weighted by Gasteiger charge is 2.13. The van der Waals surface area contributed by atoms with Crippen molar-refractivity contribution in [2.24, 2.45) is 0 Å². The van der Waals surface area contributed by atoms with E-state index < -0.39 is 9.71 Å². The molecule has 1 aromatic carbocycles. The van der Waals surface area contributed by atoms with Gasteiger partial charge in [0.25, 0.3) is 0 Å². The van der Waals surface area contributed by atoms with Gasteiger partial charge in [0.1, 0.15) is 5.75 Å². The van der Waals surface area contributed by atoms with Gasteiger partial charge in [0, 0.05) is 17.8 Å². The SMILES string of the molecule is C=C(/C=C(\C)C(=O)NCCC)NS(=C)(=O)c1cc(OC)ccc1C. The van der Waals surface area contributed by atoms with Crippen LogP contribution in [0.25, 0.3) is 0 Å². The molecule has 5 nitrogen and oxygen atoms in total. The number of carbonyl (C=O) groups is 1. The fourth-order valence-corrected chi connectivity index (χ4v) is 3.55. The number of aryl methyl sites for hydroxylation is 1. The van der Waals surface area contributed by atoms with E-state index in [-0.39, 0.29) is 5.91 Å². The lowest BCUT2D eigenvalue weighted by Crippen LogP contribution is -2.26. The first-order chi connectivity index (χ1) is 11.2. The van der Waals surface area contributed by atoms with Crippen LogP contribution in [0.3, 0.4) is 0 Å². The fraction of sp³-hybridized carbons (Fsp3) is 0.333. The number of carbonyl (C=O) groups excluding carboxylic acids is 1. The van der Waals surface area contributed by atoms with Crippen molar-refractivity contribution in [2.75, 3.05) is 13.7 Å². The van der Waals surface area contributed by atoms with Crippen molar-refractivity contribution in [3.05, 3.63) is 47.7 Å². The monoisotopic (exact) mass is 350 g/mol. The Hall–Kier alpha value is -2.21. The number of methoxy groups -OCH3 is 1. The predicted octanol–water partition coefficient (Wildman–Crippen LogP) is 2.57. The third-order valence-electron chi connectivity index (χ3n) is 3.33. The summed E-state index contributed by atoms with van der Waals surface area (Å²) >= 11 is 0. The third kappa shape index (κ3) is 5.45. The molecule has 0 aliphatic carbocycles. The molecule has 0 aromatic heterocycles. The Labute approximate surface area is 144 Å². The number of hydrogen-bond acceptors (Lipinski definition) is 3. The van der Waals surface area contributed by atoms with Crippen molar-refractivity contribution in [1.29, 1.82) is 0 Å². The van der Waals surface area contributed by atoms with Gasteiger partial charge >= 0.3 is 0 Å². The van der Waals surface area contributed by atoms with Crippen LogP contribution in [0.2, 0.25) is 0 Å². The Balaban J connectivity index is 2.95. The van der Waals surface area contributed by atoms with Gasteiger partial charge in [-0.05, 0) is 49.9 Å². The summed E-state index contributed by atoms with van der Waals surface area (Å²) < 4.78 is 20.9. The van der Waals surface area contributed by atoms with E-state index in [4.69, 9.17) is 4.74 Å². The van der Waals surface area contributed by atoms with Crippen LogP contribution in [0, 0.1) is 6.92 Å². The first kappa shape index (κ1) is 19.8. The molecule has 1 unspecified atom stereocenters. The lowest BCUT2D eigenvalue weighted by atomic mass is 10.2. The summed E-state index contributed by atoms with van der Waals surface area (Å²) in [6.45, 7) is 9.94. The van der Waals surface area contributed by atoms with Gasteiger partial charge in [0.15, 0.2) is 0 Å². The van der Waals surface area contributed by atoms with Crippen LogP contribution >= 0.6 is 0 Å². The van der Waals surface area contributed by atoms with E-state index >= 15 is 0 Å². The van der Waals surface area contributed by atoms with Gasteiger partial charge < -0.3 is 14.8 Å². The van der Waals surface area contributed by atoms with Gasteiger partial charge in [0.2, 0.25) is 5.91 Å². The Morgan fingerprint density at radius 1 is 1.42 bits per heavy atom. The highest BCUT2D eigenvalue weighted by molar-refractivity contribution is 7.98. The second kappa shape index (κ2) is 8.59. The summed E-state index contributed by atoms with van der Waals surface area (Å²) in [5.74, 6) is 4.22. The van der Waals surface area contributed by atoms with Crippen LogP contribution in [0.4, 0.5) is 0 Å². The molecule has 24 heavy (non-hydrogen) atoms. The second-order valence-electron chi connectivity index (χ2n) is 5.52. The van der Waals surface area contributed by atoms with Crippen molar-refractivity contribution < 1.29 is 13.7 Å². The maximum Gasteiger partial charge on any atom is 0.246 e. The zero-order chi connectivity index (χ0) is 18.3. The van der Waals surface area contributed by atoms with E-state index in [1.54, 1.807) is 32.2 Å². The quantitative estimate of drug-likeness (QED) is 0.430. The van der Waals surface area contributed by atoms with Crippen molar-refractivity contribution in [2.45, 2.75) is 32.1 Å². The minimum Gasteiger partial charge on any atom is -0.497 e. The van der Waals surface area contributed by atoms with Crippen molar-refractivity contribution in [3.63, 3.8) is 0 Å². The molecule has 1 rings (SSSR count). The Morgan fingerprint density at radius 2 is 2.08 bits per heavy atom. The first-order valence-electron chi connectivity index (χ1n) is 7.66. The number of hydrogen-bond donors (Lipinski definition) is 2. The van der Waals surface area contributed by atoms with Crippen molar-refractivity contribution in [3.8, 4) is 5.75 Å². The standard InChI is InChI=1S/C18H26N2O3S/c1-7-10-19-18(21)14(3)11-15(4)20-24(6,22)17-12-16(23-5)9-8-13(17)2/h8-9,11-12H,4,6-7,10H2,1-3,5H3,(H,19,21)(H,20,22)/b14-11+. The maximum absolute atomic E-state index is 12.9. The Bertz CT molecular complexity index is 750. The summed E-state index contributed by atoms with van der Waals surface area (Å²) in [6.07, 6.45) is 2.42. The Kier molecular flexibility index (Phi) is 7.10. The molecule has 0 saturated heterocycles. The number of benzene rings is 1. The molecule has 0 fully saturated rings. The third-order valence-corrected chi connectivity index (χ3v) is 5.07. The molecule has 0 saturated carbocycles. The molecule has 0 aliphatic rings. The largest absolute Gasteiger partial charge is 0.497 e. The van der Waals surface area contributed by atoms with E-state index in [1.165, 1.54) is 0 Å². The number of allylic oxidation sites excluding steroid dienone is 1. The van der Waals surface area contributed by atoms with Gasteiger partial charge in [-0.2, -0.15) is 0 Å². The molecule has 0 aliphatic heterocycles. The molecule has 1 atom stereocenters. The van der Waals surface area contributed by atoms with Crippen LogP contribution < -0.4 is 14.8 Å². The first-order valence-corrected chi connectivity index (χ1v) is 9.39. The van der Waals surface area contributed by atoms with Crippen molar-refractivity contribution >= 4 is 21.5 Å². The lowest BCUT2D eigenvalue weighted by molar-refractivity contribution is -0.117.